The van der Waals surface area contributed by atoms with E-state index in [2.05, 4.69) is 11.4 Å². The van der Waals surface area contributed by atoms with Crippen LogP contribution in [0.1, 0.15) is 127 Å². The standard InChI is InChI=1S/C27H35F3N4O4.C22H27F3N4O2/c1-18-12-19(14-21(13-18)27(28,29)30)17-37-24(35)33-8-5-9-34-22(16-33)15-23(31-34)20-6-10-32(11-7-20)25(36)38-26(2,3)4;1-15-9-16(11-18(10-15)22(23,24)25)14-31-21(30)28-7-2-8-29-19(13-28)12-20(27-29)17-3-5-26-6-4-17/h12-15,20H,5-11,16-17H2,1-4H3;9-12,17,26H,2-8,13-14H2,1H3. The van der Waals surface area contributed by atoms with Crippen LogP contribution in [-0.2, 0) is 66.0 Å². The number of aromatic nitrogens is 4. The third-order valence-corrected chi connectivity index (χ3v) is 12.6. The second-order valence-corrected chi connectivity index (χ2v) is 19.4. The maximum Gasteiger partial charge on any atom is 0.416 e. The number of hydrogen-bond acceptors (Lipinski definition) is 9. The molecule has 0 atom stereocenters. The second-order valence-electron chi connectivity index (χ2n) is 19.4. The summed E-state index contributed by atoms with van der Waals surface area (Å²) in [6, 6.07) is 11.5. The molecule has 14 nitrogen and oxygen atoms in total. The Bertz CT molecular complexity index is 2430. The average molecular weight is 973 g/mol. The van der Waals surface area contributed by atoms with Crippen molar-refractivity contribution in [2.45, 2.75) is 142 Å². The molecule has 0 bridgehead atoms. The summed E-state index contributed by atoms with van der Waals surface area (Å²) in [5.41, 5.74) is 3.41. The number of alkyl halides is 6. The van der Waals surface area contributed by atoms with Crippen LogP contribution in [0.5, 0.6) is 0 Å². The molecule has 2 aromatic carbocycles. The van der Waals surface area contributed by atoms with E-state index in [1.54, 1.807) is 40.7 Å². The summed E-state index contributed by atoms with van der Waals surface area (Å²) >= 11 is 0. The molecule has 69 heavy (non-hydrogen) atoms. The van der Waals surface area contributed by atoms with Crippen molar-refractivity contribution < 1.29 is 54.9 Å². The molecule has 4 aliphatic rings. The zero-order chi connectivity index (χ0) is 49.7. The SMILES string of the molecule is Cc1cc(COC(=O)N2CCCn3nc(C4CCN(C(=O)OC(C)(C)C)CC4)cc3C2)cc(C(F)(F)F)c1.Cc1cc(COC(=O)N2CCCn3nc(C4CCNCC4)cc3C2)cc(C(F)(F)F)c1. The van der Waals surface area contributed by atoms with Crippen LogP contribution in [0.2, 0.25) is 0 Å². The molecule has 0 saturated carbocycles. The maximum absolute atomic E-state index is 13.1. The first-order valence-electron chi connectivity index (χ1n) is 23.6. The lowest BCUT2D eigenvalue weighted by Gasteiger charge is -2.32. The Morgan fingerprint density at radius 3 is 1.43 bits per heavy atom. The highest BCUT2D eigenvalue weighted by atomic mass is 19.4. The second kappa shape index (κ2) is 21.5. The molecular weight excluding hydrogens is 911 g/mol. The van der Waals surface area contributed by atoms with E-state index >= 15 is 0 Å². The smallest absolute Gasteiger partial charge is 0.416 e. The van der Waals surface area contributed by atoms with Crippen molar-refractivity contribution in [1.82, 2.24) is 39.6 Å². The van der Waals surface area contributed by atoms with E-state index in [0.29, 0.717) is 80.4 Å². The van der Waals surface area contributed by atoms with Gasteiger partial charge in [0.1, 0.15) is 18.8 Å². The Morgan fingerprint density at radius 1 is 0.580 bits per heavy atom. The van der Waals surface area contributed by atoms with E-state index < -0.39 is 41.3 Å². The molecule has 376 valence electrons. The number of hydrogen-bond donors (Lipinski definition) is 1. The van der Waals surface area contributed by atoms with Gasteiger partial charge in [-0.25, -0.2) is 14.4 Å². The Morgan fingerprint density at radius 2 is 1.01 bits per heavy atom. The largest absolute Gasteiger partial charge is 0.445 e. The van der Waals surface area contributed by atoms with Gasteiger partial charge in [0.05, 0.1) is 47.0 Å². The highest BCUT2D eigenvalue weighted by Gasteiger charge is 2.34. The lowest BCUT2D eigenvalue weighted by atomic mass is 9.93. The van der Waals surface area contributed by atoms with Gasteiger partial charge in [-0.1, -0.05) is 23.3 Å². The topological polar surface area (TPSA) is 136 Å². The molecule has 1 N–H and O–H groups in total. The van der Waals surface area contributed by atoms with Crippen molar-refractivity contribution in [2.75, 3.05) is 39.3 Å². The molecule has 8 rings (SSSR count). The minimum atomic E-state index is -4.46. The number of nitrogens with zero attached hydrogens (tertiary/aromatic N) is 7. The Balaban J connectivity index is 0.000000208. The fourth-order valence-electron chi connectivity index (χ4n) is 9.17. The number of ether oxygens (including phenoxy) is 3. The number of aryl methyl sites for hydroxylation is 4. The van der Waals surface area contributed by atoms with Gasteiger partial charge in [0.15, 0.2) is 0 Å². The number of carbonyl (C=O) groups is 3. The maximum atomic E-state index is 13.1. The van der Waals surface area contributed by atoms with Crippen LogP contribution >= 0.6 is 0 Å². The zero-order valence-electron chi connectivity index (χ0n) is 39.8. The number of fused-ring (bicyclic) bond motifs is 2. The van der Waals surface area contributed by atoms with E-state index in [9.17, 15) is 40.7 Å². The lowest BCUT2D eigenvalue weighted by molar-refractivity contribution is -0.138. The first-order valence-corrected chi connectivity index (χ1v) is 23.6. The molecule has 2 aromatic heterocycles. The van der Waals surface area contributed by atoms with Gasteiger partial charge >= 0.3 is 30.6 Å². The minimum absolute atomic E-state index is 0.195. The third kappa shape index (κ3) is 13.9. The highest BCUT2D eigenvalue weighted by molar-refractivity contribution is 5.69. The van der Waals surface area contributed by atoms with Crippen LogP contribution in [-0.4, -0.2) is 97.4 Å². The van der Waals surface area contributed by atoms with Crippen LogP contribution in [0.25, 0.3) is 0 Å². The summed E-state index contributed by atoms with van der Waals surface area (Å²) in [6.45, 7) is 14.5. The predicted octanol–water partition coefficient (Wildman–Crippen LogP) is 10.1. The van der Waals surface area contributed by atoms with Crippen molar-refractivity contribution in [3.63, 3.8) is 0 Å². The summed E-state index contributed by atoms with van der Waals surface area (Å²) in [6.07, 6.45) is -5.19. The molecule has 20 heteroatoms. The molecular formula is C49H62F6N8O6. The lowest BCUT2D eigenvalue weighted by Crippen LogP contribution is -2.41. The summed E-state index contributed by atoms with van der Waals surface area (Å²) in [7, 11) is 0. The average Bonchev–Trinajstić information content (AvgIpc) is 3.75. The van der Waals surface area contributed by atoms with Crippen molar-refractivity contribution in [1.29, 1.82) is 0 Å². The summed E-state index contributed by atoms with van der Waals surface area (Å²) in [5, 5.41) is 12.9. The molecule has 2 fully saturated rings. The number of piperidine rings is 2. The summed E-state index contributed by atoms with van der Waals surface area (Å²) in [4.78, 5) is 42.7. The van der Waals surface area contributed by atoms with Crippen LogP contribution in [0, 0.1) is 13.8 Å². The van der Waals surface area contributed by atoms with Crippen molar-refractivity contribution in [3.8, 4) is 0 Å². The highest BCUT2D eigenvalue weighted by Crippen LogP contribution is 2.34. The molecule has 0 radical (unpaired) electrons. The van der Waals surface area contributed by atoms with Crippen LogP contribution < -0.4 is 5.32 Å². The van der Waals surface area contributed by atoms with Gasteiger partial charge in [-0.2, -0.15) is 36.5 Å². The number of nitrogens with one attached hydrogen (secondary N) is 1. The van der Waals surface area contributed by atoms with E-state index in [1.807, 2.05) is 36.2 Å². The number of carbonyl (C=O) groups excluding carboxylic acids is 3. The molecule has 0 aliphatic carbocycles. The molecule has 0 unspecified atom stereocenters. The van der Waals surface area contributed by atoms with Gasteiger partial charge in [0, 0.05) is 51.1 Å². The molecule has 3 amide bonds. The molecule has 6 heterocycles. The normalized spacial score (nSPS) is 17.5. The number of halogens is 6. The van der Waals surface area contributed by atoms with E-state index in [0.717, 1.165) is 98.8 Å². The first kappa shape index (κ1) is 51.1. The van der Waals surface area contributed by atoms with Crippen molar-refractivity contribution >= 4 is 18.3 Å². The number of likely N-dealkylation sites (tertiary alicyclic amines) is 1. The number of benzene rings is 2. The van der Waals surface area contributed by atoms with E-state index in [4.69, 9.17) is 24.4 Å². The molecule has 2 saturated heterocycles. The summed E-state index contributed by atoms with van der Waals surface area (Å²) in [5.74, 6) is 0.642. The Labute approximate surface area is 398 Å². The Hall–Kier alpha value is -5.79. The van der Waals surface area contributed by atoms with Crippen LogP contribution in [0.15, 0.2) is 48.5 Å². The van der Waals surface area contributed by atoms with Gasteiger partial charge in [-0.15, -0.1) is 0 Å². The third-order valence-electron chi connectivity index (χ3n) is 12.6. The van der Waals surface area contributed by atoms with Crippen molar-refractivity contribution in [3.05, 3.63) is 105 Å². The zero-order valence-corrected chi connectivity index (χ0v) is 39.8. The summed E-state index contributed by atoms with van der Waals surface area (Å²) < 4.78 is 98.6. The monoisotopic (exact) mass is 972 g/mol. The van der Waals surface area contributed by atoms with Crippen LogP contribution in [0.4, 0.5) is 40.7 Å². The number of rotatable bonds is 6. The Kier molecular flexibility index (Phi) is 15.9. The van der Waals surface area contributed by atoms with Gasteiger partial charge in [-0.05, 0) is 134 Å². The predicted molar refractivity (Wildman–Crippen MR) is 242 cm³/mol. The number of amides is 3. The van der Waals surface area contributed by atoms with Gasteiger partial charge < -0.3 is 34.2 Å². The minimum Gasteiger partial charge on any atom is -0.445 e. The first-order chi connectivity index (χ1) is 32.6. The van der Waals surface area contributed by atoms with Crippen molar-refractivity contribution in [2.24, 2.45) is 0 Å². The fourth-order valence-corrected chi connectivity index (χ4v) is 9.17. The van der Waals surface area contributed by atoms with E-state index in [-0.39, 0.29) is 25.2 Å². The molecule has 0 spiro atoms. The van der Waals surface area contributed by atoms with Gasteiger partial charge in [0.2, 0.25) is 0 Å². The fraction of sp³-hybridized carbons (Fsp3) is 0.571. The quantitative estimate of drug-likeness (QED) is 0.148. The molecule has 4 aliphatic heterocycles. The van der Waals surface area contributed by atoms with Gasteiger partial charge in [-0.3, -0.25) is 9.36 Å². The molecule has 4 aromatic rings. The van der Waals surface area contributed by atoms with Gasteiger partial charge in [0.25, 0.3) is 0 Å². The van der Waals surface area contributed by atoms with Crippen LogP contribution in [0.3, 0.4) is 0 Å². The van der Waals surface area contributed by atoms with E-state index in [1.165, 1.54) is 0 Å².